The van der Waals surface area contributed by atoms with Crippen LogP contribution in [0.3, 0.4) is 0 Å². The zero-order valence-electron chi connectivity index (χ0n) is 9.94. The highest BCUT2D eigenvalue weighted by Crippen LogP contribution is 2.23. The molecule has 3 heteroatoms. The lowest BCUT2D eigenvalue weighted by Gasteiger charge is -2.15. The molecule has 1 atom stereocenters. The highest BCUT2D eigenvalue weighted by atomic mass is 19.1. The number of hydrogen-bond acceptors (Lipinski definition) is 2. The van der Waals surface area contributed by atoms with Crippen molar-refractivity contribution in [2.75, 3.05) is 0 Å². The van der Waals surface area contributed by atoms with Gasteiger partial charge in [-0.05, 0) is 36.6 Å². The number of hydrogen-bond donors (Lipinski definition) is 1. The minimum Gasteiger partial charge on any atom is -0.320 e. The first-order chi connectivity index (χ1) is 8.08. The molecule has 0 bridgehead atoms. The number of nitrogens with two attached hydrogens (primary N) is 1. The Kier molecular flexibility index (Phi) is 3.20. The molecule has 2 nitrogen and oxygen atoms in total. The molecule has 0 spiro atoms. The molecule has 2 N–H and O–H groups in total. The zero-order chi connectivity index (χ0) is 12.4. The van der Waals surface area contributed by atoms with Gasteiger partial charge >= 0.3 is 0 Å². The fourth-order valence-corrected chi connectivity index (χ4v) is 1.87. The minimum atomic E-state index is -0.358. The van der Waals surface area contributed by atoms with E-state index in [1.165, 1.54) is 12.3 Å². The molecule has 2 rings (SSSR count). The molecule has 2 aromatic rings. The molecular formula is C14H15FN2. The molecule has 0 aliphatic rings. The second-order valence-corrected chi connectivity index (χ2v) is 4.27. The van der Waals surface area contributed by atoms with E-state index in [1.54, 1.807) is 6.20 Å². The SMILES string of the molecule is Cc1ccc(C)c(C(N)c2cncc(F)c2)c1. The molecule has 88 valence electrons. The summed E-state index contributed by atoms with van der Waals surface area (Å²) in [7, 11) is 0. The topological polar surface area (TPSA) is 38.9 Å². The molecule has 0 saturated carbocycles. The molecule has 1 heterocycles. The van der Waals surface area contributed by atoms with Gasteiger partial charge in [0.15, 0.2) is 0 Å². The van der Waals surface area contributed by atoms with Crippen LogP contribution in [0.4, 0.5) is 4.39 Å². The van der Waals surface area contributed by atoms with Crippen LogP contribution in [0.15, 0.2) is 36.7 Å². The lowest BCUT2D eigenvalue weighted by molar-refractivity contribution is 0.616. The van der Waals surface area contributed by atoms with E-state index in [2.05, 4.69) is 4.98 Å². The largest absolute Gasteiger partial charge is 0.320 e. The third-order valence-corrected chi connectivity index (χ3v) is 2.85. The van der Waals surface area contributed by atoms with Crippen molar-refractivity contribution in [2.24, 2.45) is 5.73 Å². The van der Waals surface area contributed by atoms with Crippen molar-refractivity contribution in [1.29, 1.82) is 0 Å². The smallest absolute Gasteiger partial charge is 0.141 e. The summed E-state index contributed by atoms with van der Waals surface area (Å²) >= 11 is 0. The first kappa shape index (κ1) is 11.7. The minimum absolute atomic E-state index is 0.335. The number of aromatic nitrogens is 1. The van der Waals surface area contributed by atoms with Crippen molar-refractivity contribution in [3.8, 4) is 0 Å². The third-order valence-electron chi connectivity index (χ3n) is 2.85. The normalized spacial score (nSPS) is 12.5. The second-order valence-electron chi connectivity index (χ2n) is 4.27. The van der Waals surface area contributed by atoms with E-state index in [0.29, 0.717) is 5.56 Å². The molecule has 1 unspecified atom stereocenters. The molecule has 17 heavy (non-hydrogen) atoms. The van der Waals surface area contributed by atoms with Crippen LogP contribution >= 0.6 is 0 Å². The van der Waals surface area contributed by atoms with Crippen LogP contribution in [0.25, 0.3) is 0 Å². The Hall–Kier alpha value is -1.74. The van der Waals surface area contributed by atoms with Crippen molar-refractivity contribution < 1.29 is 4.39 Å². The van der Waals surface area contributed by atoms with Crippen LogP contribution in [0.2, 0.25) is 0 Å². The molecule has 1 aromatic carbocycles. The number of halogens is 1. The average molecular weight is 230 g/mol. The Morgan fingerprint density at radius 3 is 2.65 bits per heavy atom. The van der Waals surface area contributed by atoms with Crippen LogP contribution < -0.4 is 5.73 Å². The van der Waals surface area contributed by atoms with Gasteiger partial charge in [0.2, 0.25) is 0 Å². The lowest BCUT2D eigenvalue weighted by Crippen LogP contribution is -2.14. The van der Waals surface area contributed by atoms with Crippen LogP contribution in [0, 0.1) is 19.7 Å². The van der Waals surface area contributed by atoms with Gasteiger partial charge in [-0.15, -0.1) is 0 Å². The van der Waals surface area contributed by atoms with Gasteiger partial charge in [-0.25, -0.2) is 4.39 Å². The Labute approximate surface area is 100 Å². The van der Waals surface area contributed by atoms with Crippen LogP contribution in [-0.4, -0.2) is 4.98 Å². The highest BCUT2D eigenvalue weighted by molar-refractivity contribution is 5.38. The van der Waals surface area contributed by atoms with Gasteiger partial charge in [-0.1, -0.05) is 23.8 Å². The maximum Gasteiger partial charge on any atom is 0.141 e. The van der Waals surface area contributed by atoms with E-state index in [0.717, 1.165) is 16.7 Å². The maximum atomic E-state index is 13.1. The van der Waals surface area contributed by atoms with E-state index in [4.69, 9.17) is 5.73 Å². The second kappa shape index (κ2) is 4.63. The fourth-order valence-electron chi connectivity index (χ4n) is 1.87. The summed E-state index contributed by atoms with van der Waals surface area (Å²) in [5.74, 6) is -0.358. The molecule has 0 radical (unpaired) electrons. The van der Waals surface area contributed by atoms with Crippen molar-refractivity contribution in [3.63, 3.8) is 0 Å². The third kappa shape index (κ3) is 2.50. The standard InChI is InChI=1S/C14H15FN2/c1-9-3-4-10(2)13(5-9)14(16)11-6-12(15)8-17-7-11/h3-8,14H,16H2,1-2H3. The predicted octanol–water partition coefficient (Wildman–Crippen LogP) is 2.89. The van der Waals surface area contributed by atoms with Crippen LogP contribution in [0.5, 0.6) is 0 Å². The Morgan fingerprint density at radius 1 is 1.18 bits per heavy atom. The molecular weight excluding hydrogens is 215 g/mol. The summed E-state index contributed by atoms with van der Waals surface area (Å²) in [6.07, 6.45) is 2.79. The van der Waals surface area contributed by atoms with Gasteiger partial charge in [-0.3, -0.25) is 4.98 Å². The van der Waals surface area contributed by atoms with Crippen molar-refractivity contribution in [3.05, 3.63) is 64.7 Å². The van der Waals surface area contributed by atoms with Crippen LogP contribution in [0.1, 0.15) is 28.3 Å². The monoisotopic (exact) mass is 230 g/mol. The average Bonchev–Trinajstić information content (AvgIpc) is 2.31. The van der Waals surface area contributed by atoms with Gasteiger partial charge in [-0.2, -0.15) is 0 Å². The van der Waals surface area contributed by atoms with E-state index in [-0.39, 0.29) is 11.9 Å². The van der Waals surface area contributed by atoms with E-state index in [9.17, 15) is 4.39 Å². The van der Waals surface area contributed by atoms with Crippen molar-refractivity contribution in [1.82, 2.24) is 4.98 Å². The van der Waals surface area contributed by atoms with Gasteiger partial charge in [0.25, 0.3) is 0 Å². The zero-order valence-corrected chi connectivity index (χ0v) is 9.94. The van der Waals surface area contributed by atoms with Gasteiger partial charge in [0.05, 0.1) is 12.2 Å². The van der Waals surface area contributed by atoms with E-state index in [1.807, 2.05) is 32.0 Å². The maximum absolute atomic E-state index is 13.1. The Balaban J connectivity index is 2.43. The number of rotatable bonds is 2. The first-order valence-corrected chi connectivity index (χ1v) is 5.51. The fraction of sp³-hybridized carbons (Fsp3) is 0.214. The van der Waals surface area contributed by atoms with Crippen molar-refractivity contribution >= 4 is 0 Å². The number of nitrogens with zero attached hydrogens (tertiary/aromatic N) is 1. The van der Waals surface area contributed by atoms with Crippen LogP contribution in [-0.2, 0) is 0 Å². The quantitative estimate of drug-likeness (QED) is 0.861. The summed E-state index contributed by atoms with van der Waals surface area (Å²) in [5, 5.41) is 0. The predicted molar refractivity (Wildman–Crippen MR) is 66.1 cm³/mol. The van der Waals surface area contributed by atoms with Gasteiger partial charge in [0.1, 0.15) is 5.82 Å². The summed E-state index contributed by atoms with van der Waals surface area (Å²) < 4.78 is 13.1. The molecule has 0 aliphatic heterocycles. The Morgan fingerprint density at radius 2 is 1.94 bits per heavy atom. The molecule has 0 fully saturated rings. The summed E-state index contributed by atoms with van der Waals surface area (Å²) in [5.41, 5.74) is 10.1. The van der Waals surface area contributed by atoms with Crippen molar-refractivity contribution in [2.45, 2.75) is 19.9 Å². The van der Waals surface area contributed by atoms with E-state index >= 15 is 0 Å². The number of pyridine rings is 1. The molecule has 0 amide bonds. The first-order valence-electron chi connectivity index (χ1n) is 5.51. The number of benzene rings is 1. The summed E-state index contributed by atoms with van der Waals surface area (Å²) in [4.78, 5) is 3.83. The molecule has 0 saturated heterocycles. The Bertz CT molecular complexity index is 537. The highest BCUT2D eigenvalue weighted by Gasteiger charge is 2.12. The number of aryl methyl sites for hydroxylation is 2. The van der Waals surface area contributed by atoms with Gasteiger partial charge in [0, 0.05) is 6.20 Å². The molecule has 1 aromatic heterocycles. The summed E-state index contributed by atoms with van der Waals surface area (Å²) in [6.45, 7) is 4.01. The van der Waals surface area contributed by atoms with E-state index < -0.39 is 0 Å². The lowest BCUT2D eigenvalue weighted by atomic mass is 9.95. The summed E-state index contributed by atoms with van der Waals surface area (Å²) in [6, 6.07) is 7.19. The van der Waals surface area contributed by atoms with Gasteiger partial charge < -0.3 is 5.73 Å². The molecule has 0 aliphatic carbocycles.